The Balaban J connectivity index is 1.60. The zero-order chi connectivity index (χ0) is 17.1. The monoisotopic (exact) mass is 344 g/mol. The van der Waals surface area contributed by atoms with Gasteiger partial charge in [0.15, 0.2) is 10.8 Å². The Labute approximate surface area is 143 Å². The molecule has 126 valence electrons. The molecule has 4 rings (SSSR count). The first-order valence-corrected chi connectivity index (χ1v) is 8.78. The number of nitrogens with zero attached hydrogens (tertiary/aromatic N) is 3. The zero-order valence-electron chi connectivity index (χ0n) is 13.9. The van der Waals surface area contributed by atoms with Crippen LogP contribution in [-0.4, -0.2) is 36.6 Å². The highest BCUT2D eigenvalue weighted by atomic mass is 32.1. The van der Waals surface area contributed by atoms with Gasteiger partial charge >= 0.3 is 0 Å². The number of hydrogen-bond acceptors (Lipinski definition) is 6. The van der Waals surface area contributed by atoms with E-state index in [9.17, 15) is 10.2 Å². The van der Waals surface area contributed by atoms with Crippen molar-refractivity contribution in [1.29, 1.82) is 0 Å². The van der Waals surface area contributed by atoms with E-state index < -0.39 is 5.60 Å². The lowest BCUT2D eigenvalue weighted by molar-refractivity contribution is -0.0234. The van der Waals surface area contributed by atoms with Gasteiger partial charge in [-0.2, -0.15) is 4.98 Å². The molecule has 1 saturated carbocycles. The quantitative estimate of drug-likeness (QED) is 0.680. The van der Waals surface area contributed by atoms with Crippen LogP contribution in [0, 0.1) is 13.8 Å². The lowest BCUT2D eigenvalue weighted by Crippen LogP contribution is -2.48. The van der Waals surface area contributed by atoms with E-state index in [1.54, 1.807) is 10.7 Å². The van der Waals surface area contributed by atoms with Gasteiger partial charge in [-0.05, 0) is 50.8 Å². The van der Waals surface area contributed by atoms with Gasteiger partial charge < -0.3 is 15.5 Å². The average Bonchev–Trinajstić information content (AvgIpc) is 2.93. The van der Waals surface area contributed by atoms with Gasteiger partial charge in [0, 0.05) is 6.04 Å². The summed E-state index contributed by atoms with van der Waals surface area (Å²) in [5, 5.41) is 28.7. The van der Waals surface area contributed by atoms with Gasteiger partial charge in [0.1, 0.15) is 11.4 Å². The molecule has 0 bridgehead atoms. The molecule has 1 aliphatic rings. The summed E-state index contributed by atoms with van der Waals surface area (Å²) < 4.78 is 2.65. The normalized spacial score (nSPS) is 23.4. The third-order valence-electron chi connectivity index (χ3n) is 4.43. The number of nitrogens with one attached hydrogen (secondary N) is 1. The van der Waals surface area contributed by atoms with Gasteiger partial charge in [-0.3, -0.25) is 0 Å². The molecular formula is C17H20N4O2S. The van der Waals surface area contributed by atoms with Gasteiger partial charge in [0.2, 0.25) is 0 Å². The molecule has 3 aromatic rings. The van der Waals surface area contributed by atoms with Crippen molar-refractivity contribution >= 4 is 26.8 Å². The standard InChI is InChI=1S/C17H20N4O2S/c1-9-4-10(2)14(12(22)5-9)21-8-13-15(20-21)19-16(24-13)18-11-6-17(3,23)7-11/h4-5,8,11,22-23H,6-7H2,1-3H3,(H,18,19,20). The number of aromatic nitrogens is 3. The van der Waals surface area contributed by atoms with Crippen molar-refractivity contribution < 1.29 is 10.2 Å². The minimum absolute atomic E-state index is 0.220. The third kappa shape index (κ3) is 2.63. The van der Waals surface area contributed by atoms with E-state index in [1.807, 2.05) is 33.0 Å². The van der Waals surface area contributed by atoms with Crippen LogP contribution in [-0.2, 0) is 0 Å². The molecule has 0 amide bonds. The number of aliphatic hydroxyl groups is 1. The Morgan fingerprint density at radius 3 is 2.71 bits per heavy atom. The Kier molecular flexibility index (Phi) is 3.33. The molecule has 1 aromatic carbocycles. The van der Waals surface area contributed by atoms with Crippen LogP contribution >= 0.6 is 11.3 Å². The lowest BCUT2D eigenvalue weighted by atomic mass is 9.77. The maximum absolute atomic E-state index is 10.2. The van der Waals surface area contributed by atoms with Crippen LogP contribution in [0.1, 0.15) is 30.9 Å². The highest BCUT2D eigenvalue weighted by Gasteiger charge is 2.38. The number of aryl methyl sites for hydroxylation is 2. The molecule has 6 nitrogen and oxygen atoms in total. The minimum Gasteiger partial charge on any atom is -0.506 e. The maximum Gasteiger partial charge on any atom is 0.194 e. The summed E-state index contributed by atoms with van der Waals surface area (Å²) >= 11 is 1.54. The van der Waals surface area contributed by atoms with Crippen molar-refractivity contribution in [3.8, 4) is 11.4 Å². The number of anilines is 1. The molecule has 7 heteroatoms. The third-order valence-corrected chi connectivity index (χ3v) is 5.34. The maximum atomic E-state index is 10.2. The van der Waals surface area contributed by atoms with E-state index in [2.05, 4.69) is 15.4 Å². The largest absolute Gasteiger partial charge is 0.506 e. The van der Waals surface area contributed by atoms with Gasteiger partial charge in [-0.1, -0.05) is 17.4 Å². The molecule has 3 N–H and O–H groups in total. The van der Waals surface area contributed by atoms with Crippen molar-refractivity contribution in [2.75, 3.05) is 5.32 Å². The van der Waals surface area contributed by atoms with E-state index in [-0.39, 0.29) is 11.8 Å². The van der Waals surface area contributed by atoms with Gasteiger partial charge in [-0.25, -0.2) is 4.68 Å². The van der Waals surface area contributed by atoms with Crippen LogP contribution in [0.2, 0.25) is 0 Å². The molecular weight excluding hydrogens is 324 g/mol. The number of rotatable bonds is 3. The fraction of sp³-hybridized carbons (Fsp3) is 0.412. The Morgan fingerprint density at radius 2 is 2.08 bits per heavy atom. The number of fused-ring (bicyclic) bond motifs is 1. The molecule has 0 atom stereocenters. The number of aromatic hydroxyl groups is 1. The first-order chi connectivity index (χ1) is 11.3. The van der Waals surface area contributed by atoms with E-state index in [4.69, 9.17) is 0 Å². The second-order valence-electron chi connectivity index (χ2n) is 6.98. The van der Waals surface area contributed by atoms with Crippen LogP contribution in [0.3, 0.4) is 0 Å². The van der Waals surface area contributed by atoms with Crippen LogP contribution in [0.4, 0.5) is 5.13 Å². The van der Waals surface area contributed by atoms with Crippen LogP contribution in [0.25, 0.3) is 16.0 Å². The van der Waals surface area contributed by atoms with Crippen molar-refractivity contribution in [1.82, 2.24) is 14.8 Å². The second kappa shape index (κ2) is 5.19. The van der Waals surface area contributed by atoms with E-state index >= 15 is 0 Å². The van der Waals surface area contributed by atoms with Crippen LogP contribution in [0.5, 0.6) is 5.75 Å². The van der Waals surface area contributed by atoms with E-state index in [0.29, 0.717) is 11.3 Å². The molecule has 24 heavy (non-hydrogen) atoms. The zero-order valence-corrected chi connectivity index (χ0v) is 14.7. The second-order valence-corrected chi connectivity index (χ2v) is 8.01. The molecule has 0 spiro atoms. The Bertz CT molecular complexity index is 865. The van der Waals surface area contributed by atoms with Crippen molar-refractivity contribution in [2.45, 2.75) is 45.3 Å². The van der Waals surface area contributed by atoms with Gasteiger partial charge in [-0.15, -0.1) is 5.10 Å². The topological polar surface area (TPSA) is 83.2 Å². The van der Waals surface area contributed by atoms with Crippen LogP contribution in [0.15, 0.2) is 18.3 Å². The first-order valence-electron chi connectivity index (χ1n) is 7.96. The number of hydrogen-bond donors (Lipinski definition) is 3. The summed E-state index contributed by atoms with van der Waals surface area (Å²) in [5.74, 6) is 0.220. The summed E-state index contributed by atoms with van der Waals surface area (Å²) in [5.41, 5.74) is 2.79. The minimum atomic E-state index is -0.550. The molecule has 1 fully saturated rings. The summed E-state index contributed by atoms with van der Waals surface area (Å²) in [6, 6.07) is 4.03. The van der Waals surface area contributed by atoms with E-state index in [1.165, 1.54) is 11.3 Å². The van der Waals surface area contributed by atoms with Crippen molar-refractivity contribution in [3.05, 3.63) is 29.5 Å². The number of benzene rings is 1. The predicted octanol–water partition coefficient (Wildman–Crippen LogP) is 3.13. The molecule has 2 aromatic heterocycles. The SMILES string of the molecule is Cc1cc(C)c(-n2cc3sc(NC4CC(C)(O)C4)nc3n2)c(O)c1. The fourth-order valence-electron chi connectivity index (χ4n) is 3.41. The van der Waals surface area contributed by atoms with Crippen LogP contribution < -0.4 is 5.32 Å². The van der Waals surface area contributed by atoms with Gasteiger partial charge in [0.25, 0.3) is 0 Å². The van der Waals surface area contributed by atoms with Crippen molar-refractivity contribution in [3.63, 3.8) is 0 Å². The summed E-state index contributed by atoms with van der Waals surface area (Å²) in [6.45, 7) is 5.76. The molecule has 2 heterocycles. The fourth-order valence-corrected chi connectivity index (χ4v) is 4.31. The van der Waals surface area contributed by atoms with Crippen molar-refractivity contribution in [2.24, 2.45) is 0 Å². The number of thiazole rings is 1. The molecule has 0 unspecified atom stereocenters. The molecule has 1 aliphatic carbocycles. The highest BCUT2D eigenvalue weighted by molar-refractivity contribution is 7.22. The number of phenols is 1. The first kappa shape index (κ1) is 15.4. The summed E-state index contributed by atoms with van der Waals surface area (Å²) in [7, 11) is 0. The predicted molar refractivity (Wildman–Crippen MR) is 95.1 cm³/mol. The molecule has 0 radical (unpaired) electrons. The summed E-state index contributed by atoms with van der Waals surface area (Å²) in [6.07, 6.45) is 3.37. The van der Waals surface area contributed by atoms with E-state index in [0.717, 1.165) is 33.8 Å². The Hall–Kier alpha value is -2.12. The lowest BCUT2D eigenvalue weighted by Gasteiger charge is -2.41. The highest BCUT2D eigenvalue weighted by Crippen LogP contribution is 2.36. The Morgan fingerprint density at radius 1 is 1.33 bits per heavy atom. The summed E-state index contributed by atoms with van der Waals surface area (Å²) in [4.78, 5) is 4.52. The molecule has 0 aliphatic heterocycles. The van der Waals surface area contributed by atoms with Gasteiger partial charge in [0.05, 0.1) is 16.5 Å². The average molecular weight is 344 g/mol. The number of phenolic OH excluding ortho intramolecular Hbond substituents is 1. The smallest absolute Gasteiger partial charge is 0.194 e. The molecule has 0 saturated heterocycles.